The van der Waals surface area contributed by atoms with Gasteiger partial charge in [-0.25, -0.2) is 4.79 Å². The fourth-order valence-corrected chi connectivity index (χ4v) is 2.45. The second-order valence-corrected chi connectivity index (χ2v) is 4.57. The molecule has 1 unspecified atom stereocenters. The number of carboxylic acids is 1. The van der Waals surface area contributed by atoms with Gasteiger partial charge in [0.1, 0.15) is 6.04 Å². The normalized spacial score (nSPS) is 18.2. The average molecular weight is 279 g/mol. The number of para-hydroxylation sites is 1. The average Bonchev–Trinajstić information content (AvgIpc) is 2.80. The van der Waals surface area contributed by atoms with Gasteiger partial charge in [-0.3, -0.25) is 4.79 Å². The third kappa shape index (κ3) is 2.54. The van der Waals surface area contributed by atoms with Crippen molar-refractivity contribution in [3.8, 4) is 11.5 Å². The Kier molecular flexibility index (Phi) is 4.12. The standard InChI is InChI=1S/C14H17NO5/c1-19-11-5-3-4-9(13(11)20-2)8-15-10(14(17)18)6-7-12(15)16/h3-5,10H,6-8H2,1-2H3,(H,17,18). The van der Waals surface area contributed by atoms with Crippen molar-refractivity contribution < 1.29 is 24.2 Å². The zero-order valence-electron chi connectivity index (χ0n) is 11.5. The molecule has 1 aliphatic rings. The number of hydrogen-bond donors (Lipinski definition) is 1. The van der Waals surface area contributed by atoms with Crippen LogP contribution in [0.5, 0.6) is 11.5 Å². The van der Waals surface area contributed by atoms with Crippen molar-refractivity contribution in [2.75, 3.05) is 14.2 Å². The highest BCUT2D eigenvalue weighted by molar-refractivity contribution is 5.87. The molecule has 0 aliphatic carbocycles. The molecule has 6 nitrogen and oxygen atoms in total. The summed E-state index contributed by atoms with van der Waals surface area (Å²) in [5.74, 6) is -0.0395. The van der Waals surface area contributed by atoms with Gasteiger partial charge >= 0.3 is 5.97 Å². The minimum atomic E-state index is -0.974. The van der Waals surface area contributed by atoms with E-state index in [1.807, 2.05) is 0 Å². The van der Waals surface area contributed by atoms with Crippen LogP contribution in [0.2, 0.25) is 0 Å². The fourth-order valence-electron chi connectivity index (χ4n) is 2.45. The molecule has 1 aromatic carbocycles. The van der Waals surface area contributed by atoms with Gasteiger partial charge < -0.3 is 19.5 Å². The summed E-state index contributed by atoms with van der Waals surface area (Å²) in [6.45, 7) is 0.205. The number of rotatable bonds is 5. The van der Waals surface area contributed by atoms with E-state index in [0.29, 0.717) is 17.9 Å². The van der Waals surface area contributed by atoms with Gasteiger partial charge in [0.15, 0.2) is 11.5 Å². The van der Waals surface area contributed by atoms with E-state index >= 15 is 0 Å². The van der Waals surface area contributed by atoms with E-state index in [1.54, 1.807) is 18.2 Å². The Morgan fingerprint density at radius 1 is 1.40 bits per heavy atom. The van der Waals surface area contributed by atoms with Gasteiger partial charge in [0.2, 0.25) is 5.91 Å². The molecule has 0 aromatic heterocycles. The van der Waals surface area contributed by atoms with Crippen molar-refractivity contribution in [2.45, 2.75) is 25.4 Å². The Hall–Kier alpha value is -2.24. The lowest BCUT2D eigenvalue weighted by atomic mass is 10.1. The molecule has 1 atom stereocenters. The van der Waals surface area contributed by atoms with Crippen LogP contribution in [-0.2, 0) is 16.1 Å². The predicted molar refractivity (Wildman–Crippen MR) is 70.8 cm³/mol. The van der Waals surface area contributed by atoms with Gasteiger partial charge in [0, 0.05) is 12.0 Å². The largest absolute Gasteiger partial charge is 0.493 e. The monoisotopic (exact) mass is 279 g/mol. The summed E-state index contributed by atoms with van der Waals surface area (Å²) < 4.78 is 10.5. The number of hydrogen-bond acceptors (Lipinski definition) is 4. The molecular formula is C14H17NO5. The molecule has 2 rings (SSSR count). The predicted octanol–water partition coefficient (Wildman–Crippen LogP) is 1.28. The lowest BCUT2D eigenvalue weighted by molar-refractivity contribution is -0.146. The second kappa shape index (κ2) is 5.81. The minimum Gasteiger partial charge on any atom is -0.493 e. The molecule has 1 saturated heterocycles. The molecule has 0 saturated carbocycles. The first kappa shape index (κ1) is 14.2. The molecular weight excluding hydrogens is 262 g/mol. The Bertz CT molecular complexity index is 528. The lowest BCUT2D eigenvalue weighted by Gasteiger charge is -2.23. The number of carbonyl (C=O) groups is 2. The van der Waals surface area contributed by atoms with Crippen molar-refractivity contribution in [1.82, 2.24) is 4.90 Å². The summed E-state index contributed by atoms with van der Waals surface area (Å²) in [6, 6.07) is 4.57. The molecule has 1 aromatic rings. The summed E-state index contributed by atoms with van der Waals surface area (Å²) in [7, 11) is 3.05. The van der Waals surface area contributed by atoms with Crippen LogP contribution in [0.3, 0.4) is 0 Å². The van der Waals surface area contributed by atoms with Crippen LogP contribution in [0, 0.1) is 0 Å². The lowest BCUT2D eigenvalue weighted by Crippen LogP contribution is -2.38. The van der Waals surface area contributed by atoms with E-state index in [1.165, 1.54) is 19.1 Å². The molecule has 1 heterocycles. The van der Waals surface area contributed by atoms with Crippen LogP contribution in [0.25, 0.3) is 0 Å². The van der Waals surface area contributed by atoms with Crippen molar-refractivity contribution in [3.05, 3.63) is 23.8 Å². The molecule has 1 fully saturated rings. The van der Waals surface area contributed by atoms with E-state index in [9.17, 15) is 9.59 Å². The molecule has 0 radical (unpaired) electrons. The minimum absolute atomic E-state index is 0.151. The highest BCUT2D eigenvalue weighted by Gasteiger charge is 2.36. The fraction of sp³-hybridized carbons (Fsp3) is 0.429. The number of likely N-dealkylation sites (tertiary alicyclic amines) is 1. The molecule has 20 heavy (non-hydrogen) atoms. The third-order valence-corrected chi connectivity index (χ3v) is 3.44. The van der Waals surface area contributed by atoms with Gasteiger partial charge in [0.05, 0.1) is 20.8 Å². The number of carboxylic acid groups (broad SMARTS) is 1. The Morgan fingerprint density at radius 2 is 2.15 bits per heavy atom. The number of carbonyl (C=O) groups excluding carboxylic acids is 1. The first-order valence-corrected chi connectivity index (χ1v) is 6.30. The highest BCUT2D eigenvalue weighted by Crippen LogP contribution is 2.33. The van der Waals surface area contributed by atoms with Crippen LogP contribution in [0.1, 0.15) is 18.4 Å². The van der Waals surface area contributed by atoms with Crippen molar-refractivity contribution in [3.63, 3.8) is 0 Å². The van der Waals surface area contributed by atoms with Crippen LogP contribution in [0.15, 0.2) is 18.2 Å². The van der Waals surface area contributed by atoms with Gasteiger partial charge in [-0.1, -0.05) is 12.1 Å². The van der Waals surface area contributed by atoms with E-state index in [4.69, 9.17) is 14.6 Å². The molecule has 6 heteroatoms. The summed E-state index contributed by atoms with van der Waals surface area (Å²) in [6.07, 6.45) is 0.615. The van der Waals surface area contributed by atoms with E-state index in [2.05, 4.69) is 0 Å². The second-order valence-electron chi connectivity index (χ2n) is 4.57. The molecule has 1 aliphatic heterocycles. The van der Waals surface area contributed by atoms with Gasteiger partial charge in [-0.15, -0.1) is 0 Å². The summed E-state index contributed by atoms with van der Waals surface area (Å²) in [4.78, 5) is 24.4. The molecule has 108 valence electrons. The SMILES string of the molecule is COc1cccc(CN2C(=O)CCC2C(=O)O)c1OC. The molecule has 0 spiro atoms. The maximum atomic E-state index is 11.8. The highest BCUT2D eigenvalue weighted by atomic mass is 16.5. The van der Waals surface area contributed by atoms with Crippen molar-refractivity contribution in [2.24, 2.45) is 0 Å². The van der Waals surface area contributed by atoms with E-state index in [0.717, 1.165) is 5.56 Å². The van der Waals surface area contributed by atoms with Crippen LogP contribution < -0.4 is 9.47 Å². The summed E-state index contributed by atoms with van der Waals surface area (Å²) in [5.41, 5.74) is 0.730. The van der Waals surface area contributed by atoms with E-state index < -0.39 is 12.0 Å². The summed E-state index contributed by atoms with van der Waals surface area (Å²) in [5, 5.41) is 9.16. The van der Waals surface area contributed by atoms with Gasteiger partial charge in [0.25, 0.3) is 0 Å². The quantitative estimate of drug-likeness (QED) is 0.878. The Labute approximate surface area is 116 Å². The number of aliphatic carboxylic acids is 1. The van der Waals surface area contributed by atoms with Crippen molar-refractivity contribution in [1.29, 1.82) is 0 Å². The van der Waals surface area contributed by atoms with Crippen LogP contribution in [-0.4, -0.2) is 42.1 Å². The maximum absolute atomic E-state index is 11.8. The number of amides is 1. The zero-order valence-corrected chi connectivity index (χ0v) is 11.5. The van der Waals surface area contributed by atoms with Gasteiger partial charge in [-0.05, 0) is 12.5 Å². The Morgan fingerprint density at radius 3 is 2.75 bits per heavy atom. The molecule has 0 bridgehead atoms. The number of methoxy groups -OCH3 is 2. The zero-order chi connectivity index (χ0) is 14.7. The molecule has 1 amide bonds. The van der Waals surface area contributed by atoms with Crippen LogP contribution >= 0.6 is 0 Å². The van der Waals surface area contributed by atoms with Crippen molar-refractivity contribution >= 4 is 11.9 Å². The van der Waals surface area contributed by atoms with E-state index in [-0.39, 0.29) is 18.9 Å². The first-order chi connectivity index (χ1) is 9.58. The smallest absolute Gasteiger partial charge is 0.326 e. The number of nitrogens with zero attached hydrogens (tertiary/aromatic N) is 1. The summed E-state index contributed by atoms with van der Waals surface area (Å²) >= 11 is 0. The van der Waals surface area contributed by atoms with Gasteiger partial charge in [-0.2, -0.15) is 0 Å². The Balaban J connectivity index is 2.29. The third-order valence-electron chi connectivity index (χ3n) is 3.44. The van der Waals surface area contributed by atoms with Crippen LogP contribution in [0.4, 0.5) is 0 Å². The topological polar surface area (TPSA) is 76.1 Å². The first-order valence-electron chi connectivity index (χ1n) is 6.30. The maximum Gasteiger partial charge on any atom is 0.326 e. The number of benzene rings is 1. The molecule has 1 N–H and O–H groups in total. The number of ether oxygens (including phenoxy) is 2.